The van der Waals surface area contributed by atoms with Gasteiger partial charge in [-0.1, -0.05) is 24.3 Å². The first-order valence-electron chi connectivity index (χ1n) is 9.29. The van der Waals surface area contributed by atoms with E-state index in [1.54, 1.807) is 29.2 Å². The van der Waals surface area contributed by atoms with Crippen molar-refractivity contribution in [3.8, 4) is 11.4 Å². The number of nitrogens with two attached hydrogens (primary N) is 1. The molecule has 9 nitrogen and oxygen atoms in total. The van der Waals surface area contributed by atoms with Gasteiger partial charge in [0.15, 0.2) is 0 Å². The summed E-state index contributed by atoms with van der Waals surface area (Å²) in [7, 11) is 1.36. The number of benzene rings is 1. The highest BCUT2D eigenvalue weighted by Crippen LogP contribution is 2.22. The Labute approximate surface area is 179 Å². The molecule has 30 heavy (non-hydrogen) atoms. The lowest BCUT2D eigenvalue weighted by molar-refractivity contribution is -0.142. The number of hydrogen-bond donors (Lipinski definition) is 3. The summed E-state index contributed by atoms with van der Waals surface area (Å²) in [4.78, 5) is 45.0. The Kier molecular flexibility index (Phi) is 7.71. The van der Waals surface area contributed by atoms with E-state index in [0.29, 0.717) is 49.3 Å². The molecule has 0 radical (unpaired) electrons. The zero-order valence-electron chi connectivity index (χ0n) is 16.5. The maximum atomic E-state index is 12.7. The fourth-order valence-electron chi connectivity index (χ4n) is 3.33. The summed E-state index contributed by atoms with van der Waals surface area (Å²) in [6.45, 7) is 0.961. The van der Waals surface area contributed by atoms with Gasteiger partial charge in [-0.05, 0) is 18.8 Å². The highest BCUT2D eigenvalue weighted by molar-refractivity contribution is 5.95. The van der Waals surface area contributed by atoms with E-state index < -0.39 is 5.56 Å². The van der Waals surface area contributed by atoms with E-state index in [9.17, 15) is 14.4 Å². The first-order valence-corrected chi connectivity index (χ1v) is 9.29. The molecule has 2 heterocycles. The second kappa shape index (κ2) is 10.0. The number of amides is 1. The van der Waals surface area contributed by atoms with Crippen molar-refractivity contribution in [1.29, 1.82) is 5.41 Å². The number of methoxy groups -OCH3 is 1. The highest BCUT2D eigenvalue weighted by Gasteiger charge is 2.27. The summed E-state index contributed by atoms with van der Waals surface area (Å²) in [6, 6.07) is 6.72. The number of aromatic nitrogens is 2. The summed E-state index contributed by atoms with van der Waals surface area (Å²) in [5.74, 6) is -0.146. The molecular weight excluding hydrogens is 410 g/mol. The fourth-order valence-corrected chi connectivity index (χ4v) is 3.33. The smallest absolute Gasteiger partial charge is 0.305 e. The molecule has 1 saturated heterocycles. The number of halogens is 1. The lowest BCUT2D eigenvalue weighted by atomic mass is 9.93. The lowest BCUT2D eigenvalue weighted by Crippen LogP contribution is -2.41. The summed E-state index contributed by atoms with van der Waals surface area (Å²) in [5, 5.41) is 7.41. The summed E-state index contributed by atoms with van der Waals surface area (Å²) >= 11 is 0. The zero-order chi connectivity index (χ0) is 21.0. The second-order valence-corrected chi connectivity index (χ2v) is 6.98. The van der Waals surface area contributed by atoms with Crippen LogP contribution in [0.15, 0.2) is 35.3 Å². The van der Waals surface area contributed by atoms with Gasteiger partial charge in [0.05, 0.1) is 7.11 Å². The molecule has 1 aromatic carbocycles. The van der Waals surface area contributed by atoms with Crippen LogP contribution >= 0.6 is 12.4 Å². The van der Waals surface area contributed by atoms with Crippen molar-refractivity contribution in [3.63, 3.8) is 0 Å². The van der Waals surface area contributed by atoms with Crippen molar-refractivity contribution in [1.82, 2.24) is 14.9 Å². The third kappa shape index (κ3) is 5.24. The van der Waals surface area contributed by atoms with E-state index in [2.05, 4.69) is 14.7 Å². The Hall–Kier alpha value is -3.20. The molecule has 0 bridgehead atoms. The third-order valence-electron chi connectivity index (χ3n) is 5.08. The largest absolute Gasteiger partial charge is 0.469 e. The molecular formula is C20H24ClN5O4. The van der Waals surface area contributed by atoms with E-state index in [-0.39, 0.29) is 41.6 Å². The van der Waals surface area contributed by atoms with Gasteiger partial charge < -0.3 is 20.4 Å². The average molecular weight is 434 g/mol. The molecule has 1 fully saturated rings. The number of carbonyl (C=O) groups excluding carboxylic acids is 2. The Morgan fingerprint density at radius 3 is 2.43 bits per heavy atom. The number of ether oxygens (including phenoxy) is 1. The molecule has 1 amide bonds. The van der Waals surface area contributed by atoms with Gasteiger partial charge in [0.1, 0.15) is 17.2 Å². The van der Waals surface area contributed by atoms with Crippen molar-refractivity contribution in [2.24, 2.45) is 11.7 Å². The van der Waals surface area contributed by atoms with Crippen molar-refractivity contribution >= 4 is 30.1 Å². The van der Waals surface area contributed by atoms with Crippen molar-refractivity contribution in [2.45, 2.75) is 19.3 Å². The average Bonchev–Trinajstić information content (AvgIpc) is 2.73. The Morgan fingerprint density at radius 1 is 1.27 bits per heavy atom. The number of aromatic amines is 1. The topological polar surface area (TPSA) is 142 Å². The van der Waals surface area contributed by atoms with Crippen LogP contribution in [0.2, 0.25) is 0 Å². The van der Waals surface area contributed by atoms with Gasteiger partial charge in [-0.3, -0.25) is 19.8 Å². The van der Waals surface area contributed by atoms with E-state index in [1.807, 2.05) is 0 Å². The van der Waals surface area contributed by atoms with Crippen LogP contribution in [0.4, 0.5) is 0 Å². The minimum Gasteiger partial charge on any atom is -0.469 e. The molecule has 0 unspecified atom stereocenters. The number of nitrogens with one attached hydrogen (secondary N) is 2. The predicted octanol–water partition coefficient (Wildman–Crippen LogP) is 1.56. The first-order chi connectivity index (χ1) is 13.9. The summed E-state index contributed by atoms with van der Waals surface area (Å²) in [6.07, 6.45) is 3.01. The highest BCUT2D eigenvalue weighted by atomic mass is 35.5. The molecule has 1 aromatic heterocycles. The molecule has 4 N–H and O–H groups in total. The number of rotatable bonds is 5. The number of likely N-dealkylation sites (tertiary alicyclic amines) is 1. The minimum atomic E-state index is -0.507. The van der Waals surface area contributed by atoms with E-state index in [1.165, 1.54) is 13.3 Å². The van der Waals surface area contributed by atoms with Crippen molar-refractivity contribution in [2.75, 3.05) is 20.2 Å². The minimum absolute atomic E-state index is 0. The number of piperidine rings is 1. The van der Waals surface area contributed by atoms with Crippen LogP contribution in [0, 0.1) is 11.3 Å². The number of nitrogens with zero attached hydrogens (tertiary/aromatic N) is 2. The van der Waals surface area contributed by atoms with Crippen LogP contribution < -0.4 is 11.3 Å². The molecule has 0 spiro atoms. The lowest BCUT2D eigenvalue weighted by Gasteiger charge is -2.31. The monoisotopic (exact) mass is 433 g/mol. The molecule has 0 saturated carbocycles. The standard InChI is InChI=1S/C20H23N5O4.ClH/c1-29-16(26)10-12-6-8-25(9-7-12)20(28)15-11-23-18(24-19(15)27)14-4-2-13(3-5-14)17(21)22;/h2-5,11-12H,6-10H2,1H3,(H3,21,22)(H,23,24,27);1H. The van der Waals surface area contributed by atoms with Gasteiger partial charge in [-0.2, -0.15) is 0 Å². The number of amidine groups is 1. The molecule has 1 aliphatic heterocycles. The zero-order valence-corrected chi connectivity index (χ0v) is 17.3. The molecule has 10 heteroatoms. The van der Waals surface area contributed by atoms with Crippen molar-refractivity contribution < 1.29 is 14.3 Å². The summed E-state index contributed by atoms with van der Waals surface area (Å²) < 4.78 is 4.69. The normalized spacial score (nSPS) is 14.0. The van der Waals surface area contributed by atoms with Gasteiger partial charge in [-0.25, -0.2) is 4.98 Å². The van der Waals surface area contributed by atoms with Gasteiger partial charge in [-0.15, -0.1) is 12.4 Å². The third-order valence-corrected chi connectivity index (χ3v) is 5.08. The number of nitrogen functional groups attached to an aromatic ring is 1. The van der Waals surface area contributed by atoms with Gasteiger partial charge in [0.25, 0.3) is 11.5 Å². The molecule has 3 rings (SSSR count). The van der Waals surface area contributed by atoms with Gasteiger partial charge in [0, 0.05) is 36.8 Å². The van der Waals surface area contributed by atoms with Gasteiger partial charge >= 0.3 is 5.97 Å². The Morgan fingerprint density at radius 2 is 1.90 bits per heavy atom. The SMILES string of the molecule is COC(=O)CC1CCN(C(=O)c2cnc(-c3ccc(C(=N)N)cc3)[nH]c2=O)CC1.Cl. The van der Waals surface area contributed by atoms with E-state index >= 15 is 0 Å². The second-order valence-electron chi connectivity index (χ2n) is 6.98. The van der Waals surface area contributed by atoms with Crippen LogP contribution in [0.5, 0.6) is 0 Å². The number of carbonyl (C=O) groups is 2. The van der Waals surface area contributed by atoms with Crippen LogP contribution in [-0.2, 0) is 9.53 Å². The molecule has 1 aliphatic rings. The molecule has 0 aliphatic carbocycles. The predicted molar refractivity (Wildman–Crippen MR) is 114 cm³/mol. The number of hydrogen-bond acceptors (Lipinski definition) is 6. The van der Waals surface area contributed by atoms with Crippen LogP contribution in [-0.4, -0.2) is 52.8 Å². The van der Waals surface area contributed by atoms with Crippen LogP contribution in [0.1, 0.15) is 35.2 Å². The maximum absolute atomic E-state index is 12.7. The van der Waals surface area contributed by atoms with Crippen LogP contribution in [0.25, 0.3) is 11.4 Å². The van der Waals surface area contributed by atoms with Gasteiger partial charge in [0.2, 0.25) is 0 Å². The Bertz CT molecular complexity index is 981. The van der Waals surface area contributed by atoms with Crippen LogP contribution in [0.3, 0.4) is 0 Å². The molecule has 2 aromatic rings. The molecule has 0 atom stereocenters. The Balaban J connectivity index is 0.00000320. The van der Waals surface area contributed by atoms with E-state index in [4.69, 9.17) is 11.1 Å². The maximum Gasteiger partial charge on any atom is 0.305 e. The number of H-pyrrole nitrogens is 1. The fraction of sp³-hybridized carbons (Fsp3) is 0.350. The van der Waals surface area contributed by atoms with E-state index in [0.717, 1.165) is 0 Å². The summed E-state index contributed by atoms with van der Waals surface area (Å²) in [5.41, 5.74) is 6.13. The first kappa shape index (κ1) is 23.1. The molecule has 160 valence electrons. The number of esters is 1. The quantitative estimate of drug-likeness (QED) is 0.371. The van der Waals surface area contributed by atoms with Crippen molar-refractivity contribution in [3.05, 3.63) is 51.9 Å².